The van der Waals surface area contributed by atoms with Gasteiger partial charge in [-0.1, -0.05) is 19.8 Å². The van der Waals surface area contributed by atoms with Gasteiger partial charge < -0.3 is 20.3 Å². The maximum absolute atomic E-state index is 11.5. The lowest BCUT2D eigenvalue weighted by Gasteiger charge is -2.32. The average molecular weight is 452 g/mol. The number of likely N-dealkylation sites (tertiary alicyclic amines) is 1. The predicted octanol–water partition coefficient (Wildman–Crippen LogP) is 2.97. The number of halogens is 1. The maximum Gasteiger partial charge on any atom is 0.409 e. The number of amides is 1. The van der Waals surface area contributed by atoms with Gasteiger partial charge in [0, 0.05) is 32.2 Å². The van der Waals surface area contributed by atoms with E-state index >= 15 is 0 Å². The number of hydrogen-bond donors (Lipinski definition) is 2. The summed E-state index contributed by atoms with van der Waals surface area (Å²) in [5.41, 5.74) is 0.372. The molecule has 1 heterocycles. The minimum atomic E-state index is -0.224. The van der Waals surface area contributed by atoms with Crippen LogP contribution in [0, 0.1) is 5.41 Å². The molecule has 0 bridgehead atoms. The van der Waals surface area contributed by atoms with Gasteiger partial charge in [-0.15, -0.1) is 24.0 Å². The van der Waals surface area contributed by atoms with Crippen molar-refractivity contribution in [3.8, 4) is 0 Å². The van der Waals surface area contributed by atoms with Crippen LogP contribution in [0.1, 0.15) is 52.4 Å². The van der Waals surface area contributed by atoms with Crippen molar-refractivity contribution in [1.29, 1.82) is 0 Å². The molecule has 0 unspecified atom stereocenters. The second-order valence-corrected chi connectivity index (χ2v) is 7.09. The highest BCUT2D eigenvalue weighted by Crippen LogP contribution is 2.37. The van der Waals surface area contributed by atoms with Gasteiger partial charge in [0.25, 0.3) is 0 Å². The fraction of sp³-hybridized carbons (Fsp3) is 0.882. The topological polar surface area (TPSA) is 66.0 Å². The number of carbonyl (C=O) groups is 1. The van der Waals surface area contributed by atoms with E-state index < -0.39 is 0 Å². The number of methoxy groups -OCH3 is 1. The molecule has 140 valence electrons. The Bertz CT molecular complexity index is 417. The first kappa shape index (κ1) is 21.3. The number of ether oxygens (including phenoxy) is 1. The Kier molecular flexibility index (Phi) is 9.15. The number of piperidine rings is 1. The number of guanidine groups is 1. The zero-order valence-electron chi connectivity index (χ0n) is 15.3. The van der Waals surface area contributed by atoms with Gasteiger partial charge in [-0.2, -0.15) is 0 Å². The van der Waals surface area contributed by atoms with Crippen molar-refractivity contribution in [1.82, 2.24) is 15.5 Å². The van der Waals surface area contributed by atoms with Crippen LogP contribution in [-0.4, -0.2) is 56.3 Å². The minimum absolute atomic E-state index is 0. The Balaban J connectivity index is 0.00000288. The normalized spacial score (nSPS) is 21.1. The standard InChI is InChI=1S/C17H32N4O2.HI/c1-4-18-15(19-13-17(2)9-5-6-10-17)20-14-7-11-21(12-8-14)16(22)23-3;/h14H,4-13H2,1-3H3,(H2,18,19,20);1H. The molecular formula is C17H33IN4O2. The van der Waals surface area contributed by atoms with E-state index in [2.05, 4.69) is 24.5 Å². The summed E-state index contributed by atoms with van der Waals surface area (Å²) < 4.78 is 4.78. The van der Waals surface area contributed by atoms with Crippen molar-refractivity contribution >= 4 is 36.0 Å². The largest absolute Gasteiger partial charge is 0.453 e. The Hall–Kier alpha value is -0.730. The number of hydrogen-bond acceptors (Lipinski definition) is 3. The molecule has 2 fully saturated rings. The number of aliphatic imine (C=N–C) groups is 1. The highest BCUT2D eigenvalue weighted by atomic mass is 127. The summed E-state index contributed by atoms with van der Waals surface area (Å²) in [5, 5.41) is 6.89. The van der Waals surface area contributed by atoms with Crippen LogP contribution in [0.4, 0.5) is 4.79 Å². The van der Waals surface area contributed by atoms with Gasteiger partial charge in [0.1, 0.15) is 0 Å². The Labute approximate surface area is 163 Å². The van der Waals surface area contributed by atoms with Crippen LogP contribution >= 0.6 is 24.0 Å². The molecule has 24 heavy (non-hydrogen) atoms. The van der Waals surface area contributed by atoms with Crippen molar-refractivity contribution in [3.05, 3.63) is 0 Å². The van der Waals surface area contributed by atoms with Crippen LogP contribution in [0.25, 0.3) is 0 Å². The molecule has 1 saturated heterocycles. The summed E-state index contributed by atoms with van der Waals surface area (Å²) in [4.78, 5) is 18.1. The molecule has 2 N–H and O–H groups in total. The molecule has 0 aromatic heterocycles. The number of rotatable bonds is 4. The van der Waals surface area contributed by atoms with E-state index in [0.29, 0.717) is 11.5 Å². The van der Waals surface area contributed by atoms with E-state index in [1.165, 1.54) is 32.8 Å². The zero-order chi connectivity index (χ0) is 16.7. The lowest BCUT2D eigenvalue weighted by Crippen LogP contribution is -2.50. The van der Waals surface area contributed by atoms with Crippen LogP contribution < -0.4 is 10.6 Å². The third kappa shape index (κ3) is 6.29. The molecule has 0 spiro atoms. The monoisotopic (exact) mass is 452 g/mol. The van der Waals surface area contributed by atoms with Crippen LogP contribution in [-0.2, 0) is 4.74 Å². The fourth-order valence-electron chi connectivity index (χ4n) is 3.51. The Morgan fingerprint density at radius 1 is 1.29 bits per heavy atom. The van der Waals surface area contributed by atoms with Crippen molar-refractivity contribution in [2.24, 2.45) is 10.4 Å². The molecule has 0 aromatic carbocycles. The molecule has 1 saturated carbocycles. The maximum atomic E-state index is 11.5. The minimum Gasteiger partial charge on any atom is -0.453 e. The molecule has 0 aromatic rings. The van der Waals surface area contributed by atoms with E-state index in [-0.39, 0.29) is 30.1 Å². The van der Waals surface area contributed by atoms with Crippen molar-refractivity contribution < 1.29 is 9.53 Å². The highest BCUT2D eigenvalue weighted by molar-refractivity contribution is 14.0. The van der Waals surface area contributed by atoms with Crippen LogP contribution in [0.2, 0.25) is 0 Å². The van der Waals surface area contributed by atoms with Crippen molar-refractivity contribution in [3.63, 3.8) is 0 Å². The number of carbonyl (C=O) groups excluding carboxylic acids is 1. The summed E-state index contributed by atoms with van der Waals surface area (Å²) in [5.74, 6) is 0.914. The van der Waals surface area contributed by atoms with E-state index in [1.54, 1.807) is 4.90 Å². The molecule has 1 amide bonds. The fourth-order valence-corrected chi connectivity index (χ4v) is 3.51. The zero-order valence-corrected chi connectivity index (χ0v) is 17.6. The van der Waals surface area contributed by atoms with Gasteiger partial charge >= 0.3 is 6.09 Å². The Morgan fingerprint density at radius 2 is 1.92 bits per heavy atom. The second kappa shape index (κ2) is 10.3. The quantitative estimate of drug-likeness (QED) is 0.391. The van der Waals surface area contributed by atoms with Crippen LogP contribution in [0.5, 0.6) is 0 Å². The highest BCUT2D eigenvalue weighted by Gasteiger charge is 2.29. The molecule has 7 heteroatoms. The first-order valence-corrected chi connectivity index (χ1v) is 8.94. The summed E-state index contributed by atoms with van der Waals surface area (Å²) >= 11 is 0. The molecule has 1 aliphatic heterocycles. The number of nitrogens with one attached hydrogen (secondary N) is 2. The summed E-state index contributed by atoms with van der Waals surface area (Å²) in [6.45, 7) is 7.67. The molecular weight excluding hydrogens is 419 g/mol. The van der Waals surface area contributed by atoms with Crippen molar-refractivity contribution in [2.45, 2.75) is 58.4 Å². The molecule has 2 aliphatic rings. The Morgan fingerprint density at radius 3 is 2.46 bits per heavy atom. The number of nitrogens with zero attached hydrogens (tertiary/aromatic N) is 2. The van der Waals surface area contributed by atoms with E-state index in [9.17, 15) is 4.79 Å². The van der Waals surface area contributed by atoms with Crippen molar-refractivity contribution in [2.75, 3.05) is 33.3 Å². The van der Waals surface area contributed by atoms with Crippen LogP contribution in [0.3, 0.4) is 0 Å². The molecule has 6 nitrogen and oxygen atoms in total. The van der Waals surface area contributed by atoms with Gasteiger partial charge in [-0.3, -0.25) is 4.99 Å². The summed E-state index contributed by atoms with van der Waals surface area (Å²) in [6.07, 6.45) is 6.87. The predicted molar refractivity (Wildman–Crippen MR) is 108 cm³/mol. The molecule has 2 rings (SSSR count). The molecule has 0 radical (unpaired) electrons. The molecule has 1 aliphatic carbocycles. The first-order chi connectivity index (χ1) is 11.1. The average Bonchev–Trinajstić information content (AvgIpc) is 3.00. The smallest absolute Gasteiger partial charge is 0.409 e. The lowest BCUT2D eigenvalue weighted by molar-refractivity contribution is 0.111. The van der Waals surface area contributed by atoms with Gasteiger partial charge in [-0.25, -0.2) is 4.79 Å². The van der Waals surface area contributed by atoms with E-state index in [1.807, 2.05) is 0 Å². The van der Waals surface area contributed by atoms with Crippen LogP contribution in [0.15, 0.2) is 4.99 Å². The second-order valence-electron chi connectivity index (χ2n) is 7.09. The third-order valence-electron chi connectivity index (χ3n) is 5.04. The lowest BCUT2D eigenvalue weighted by atomic mass is 9.89. The first-order valence-electron chi connectivity index (χ1n) is 8.94. The van der Waals surface area contributed by atoms with Gasteiger partial charge in [0.05, 0.1) is 7.11 Å². The summed E-state index contributed by atoms with van der Waals surface area (Å²) in [7, 11) is 1.44. The SMILES string of the molecule is CCNC(=NCC1(C)CCCC1)NC1CCN(C(=O)OC)CC1.I. The van der Waals surface area contributed by atoms with Gasteiger partial charge in [0.2, 0.25) is 0 Å². The van der Waals surface area contributed by atoms with Gasteiger partial charge in [0.15, 0.2) is 5.96 Å². The van der Waals surface area contributed by atoms with E-state index in [4.69, 9.17) is 9.73 Å². The van der Waals surface area contributed by atoms with Gasteiger partial charge in [-0.05, 0) is 38.0 Å². The summed E-state index contributed by atoms with van der Waals surface area (Å²) in [6, 6.07) is 0.366. The van der Waals surface area contributed by atoms with E-state index in [0.717, 1.165) is 45.0 Å². The molecule has 0 atom stereocenters. The third-order valence-corrected chi connectivity index (χ3v) is 5.04.